The van der Waals surface area contributed by atoms with Crippen molar-refractivity contribution in [2.45, 2.75) is 13.8 Å². The van der Waals surface area contributed by atoms with Crippen molar-refractivity contribution in [3.05, 3.63) is 42.1 Å². The van der Waals surface area contributed by atoms with Gasteiger partial charge in [-0.3, -0.25) is 9.78 Å². The van der Waals surface area contributed by atoms with Gasteiger partial charge in [0.25, 0.3) is 5.91 Å². The number of para-hydroxylation sites is 1. The minimum atomic E-state index is 0.0352. The summed E-state index contributed by atoms with van der Waals surface area (Å²) in [5.41, 5.74) is 1.46. The van der Waals surface area contributed by atoms with Crippen molar-refractivity contribution in [2.75, 3.05) is 13.6 Å². The van der Waals surface area contributed by atoms with Crippen LogP contribution >= 0.6 is 0 Å². The molecule has 0 bridgehead atoms. The third-order valence-corrected chi connectivity index (χ3v) is 2.85. The highest BCUT2D eigenvalue weighted by Gasteiger charge is 2.15. The SMILES string of the molecule is CC(C)CN(C)C(=O)c1cccc2cccnc12. The van der Waals surface area contributed by atoms with E-state index in [0.29, 0.717) is 11.5 Å². The molecule has 0 saturated carbocycles. The Morgan fingerprint density at radius 2 is 2.00 bits per heavy atom. The van der Waals surface area contributed by atoms with E-state index in [1.807, 2.05) is 37.4 Å². The van der Waals surface area contributed by atoms with Gasteiger partial charge in [-0.15, -0.1) is 0 Å². The fourth-order valence-electron chi connectivity index (χ4n) is 2.11. The zero-order valence-corrected chi connectivity index (χ0v) is 11.1. The molecular weight excluding hydrogens is 224 g/mol. The number of amides is 1. The molecule has 0 aliphatic carbocycles. The summed E-state index contributed by atoms with van der Waals surface area (Å²) >= 11 is 0. The maximum atomic E-state index is 12.4. The Morgan fingerprint density at radius 1 is 1.28 bits per heavy atom. The van der Waals surface area contributed by atoms with E-state index in [9.17, 15) is 4.79 Å². The number of hydrogen-bond donors (Lipinski definition) is 0. The van der Waals surface area contributed by atoms with Crippen LogP contribution in [0.1, 0.15) is 24.2 Å². The minimum absolute atomic E-state index is 0.0352. The molecule has 1 aromatic heterocycles. The van der Waals surface area contributed by atoms with Gasteiger partial charge in [-0.2, -0.15) is 0 Å². The highest BCUT2D eigenvalue weighted by atomic mass is 16.2. The lowest BCUT2D eigenvalue weighted by Crippen LogP contribution is -2.30. The molecule has 94 valence electrons. The molecule has 1 aromatic carbocycles. The third kappa shape index (κ3) is 2.50. The first-order valence-corrected chi connectivity index (χ1v) is 6.19. The number of carbonyl (C=O) groups excluding carboxylic acids is 1. The van der Waals surface area contributed by atoms with Gasteiger partial charge in [0, 0.05) is 25.2 Å². The average Bonchev–Trinajstić information content (AvgIpc) is 2.36. The van der Waals surface area contributed by atoms with Gasteiger partial charge in [0.15, 0.2) is 0 Å². The number of carbonyl (C=O) groups is 1. The van der Waals surface area contributed by atoms with Crippen molar-refractivity contribution in [3.8, 4) is 0 Å². The molecule has 3 nitrogen and oxygen atoms in total. The van der Waals surface area contributed by atoms with Crippen LogP contribution in [0.15, 0.2) is 36.5 Å². The number of pyridine rings is 1. The first-order chi connectivity index (χ1) is 8.59. The second-order valence-electron chi connectivity index (χ2n) is 4.96. The van der Waals surface area contributed by atoms with Crippen LogP contribution in [0.4, 0.5) is 0 Å². The molecule has 0 fully saturated rings. The lowest BCUT2D eigenvalue weighted by Gasteiger charge is -2.19. The molecule has 0 saturated heterocycles. The lowest BCUT2D eigenvalue weighted by molar-refractivity contribution is 0.0781. The van der Waals surface area contributed by atoms with Gasteiger partial charge in [-0.05, 0) is 18.1 Å². The van der Waals surface area contributed by atoms with E-state index in [0.717, 1.165) is 17.4 Å². The average molecular weight is 242 g/mol. The summed E-state index contributed by atoms with van der Waals surface area (Å²) in [5.74, 6) is 0.495. The Hall–Kier alpha value is -1.90. The summed E-state index contributed by atoms with van der Waals surface area (Å²) < 4.78 is 0. The highest BCUT2D eigenvalue weighted by Crippen LogP contribution is 2.17. The molecule has 2 rings (SSSR count). The summed E-state index contributed by atoms with van der Waals surface area (Å²) in [5, 5.41) is 1.00. The van der Waals surface area contributed by atoms with Crippen LogP contribution in [-0.2, 0) is 0 Å². The van der Waals surface area contributed by atoms with Crippen LogP contribution in [0.3, 0.4) is 0 Å². The van der Waals surface area contributed by atoms with Crippen molar-refractivity contribution in [1.29, 1.82) is 0 Å². The predicted molar refractivity (Wildman–Crippen MR) is 73.5 cm³/mol. The topological polar surface area (TPSA) is 33.2 Å². The van der Waals surface area contributed by atoms with Gasteiger partial charge in [-0.1, -0.05) is 32.0 Å². The maximum Gasteiger partial charge on any atom is 0.255 e. The number of fused-ring (bicyclic) bond motifs is 1. The standard InChI is InChI=1S/C15H18N2O/c1-11(2)10-17(3)15(18)13-8-4-6-12-7-5-9-16-14(12)13/h4-9,11H,10H2,1-3H3. The Kier molecular flexibility index (Phi) is 3.60. The molecule has 1 heterocycles. The molecule has 0 aliphatic rings. The lowest BCUT2D eigenvalue weighted by atomic mass is 10.1. The summed E-state index contributed by atoms with van der Waals surface area (Å²) in [6, 6.07) is 9.58. The molecule has 18 heavy (non-hydrogen) atoms. The molecule has 0 spiro atoms. The van der Waals surface area contributed by atoms with Crippen molar-refractivity contribution in [3.63, 3.8) is 0 Å². The summed E-state index contributed by atoms with van der Waals surface area (Å²) in [6.07, 6.45) is 1.72. The molecule has 0 radical (unpaired) electrons. The summed E-state index contributed by atoms with van der Waals surface area (Å²) in [6.45, 7) is 4.96. The molecule has 0 aliphatic heterocycles. The molecule has 2 aromatic rings. The summed E-state index contributed by atoms with van der Waals surface area (Å²) in [4.78, 5) is 18.5. The molecule has 1 amide bonds. The van der Waals surface area contributed by atoms with E-state index < -0.39 is 0 Å². The molecule has 3 heteroatoms. The van der Waals surface area contributed by atoms with E-state index in [2.05, 4.69) is 18.8 Å². The molecule has 0 N–H and O–H groups in total. The normalized spacial score (nSPS) is 10.9. The Balaban J connectivity index is 2.39. The van der Waals surface area contributed by atoms with Crippen LogP contribution < -0.4 is 0 Å². The van der Waals surface area contributed by atoms with E-state index in [1.54, 1.807) is 11.1 Å². The number of hydrogen-bond acceptors (Lipinski definition) is 2. The van der Waals surface area contributed by atoms with Crippen molar-refractivity contribution in [1.82, 2.24) is 9.88 Å². The van der Waals surface area contributed by atoms with Gasteiger partial charge in [0.2, 0.25) is 0 Å². The Morgan fingerprint density at radius 3 is 2.72 bits per heavy atom. The number of nitrogens with zero attached hydrogens (tertiary/aromatic N) is 2. The highest BCUT2D eigenvalue weighted by molar-refractivity contribution is 6.05. The summed E-state index contributed by atoms with van der Waals surface area (Å²) in [7, 11) is 1.84. The predicted octanol–water partition coefficient (Wildman–Crippen LogP) is 2.96. The molecule has 0 atom stereocenters. The van der Waals surface area contributed by atoms with E-state index >= 15 is 0 Å². The maximum absolute atomic E-state index is 12.4. The second-order valence-corrected chi connectivity index (χ2v) is 4.96. The van der Waals surface area contributed by atoms with Gasteiger partial charge in [-0.25, -0.2) is 0 Å². The van der Waals surface area contributed by atoms with E-state index in [1.165, 1.54) is 0 Å². The van der Waals surface area contributed by atoms with Gasteiger partial charge in [0.05, 0.1) is 11.1 Å². The van der Waals surface area contributed by atoms with Crippen molar-refractivity contribution < 1.29 is 4.79 Å². The zero-order valence-electron chi connectivity index (χ0n) is 11.1. The van der Waals surface area contributed by atoms with Crippen molar-refractivity contribution >= 4 is 16.8 Å². The minimum Gasteiger partial charge on any atom is -0.341 e. The van der Waals surface area contributed by atoms with E-state index in [4.69, 9.17) is 0 Å². The number of benzene rings is 1. The molecular formula is C15H18N2O. The van der Waals surface area contributed by atoms with Gasteiger partial charge >= 0.3 is 0 Å². The monoisotopic (exact) mass is 242 g/mol. The van der Waals surface area contributed by atoms with Gasteiger partial charge in [0.1, 0.15) is 0 Å². The quantitative estimate of drug-likeness (QED) is 0.829. The van der Waals surface area contributed by atoms with Crippen LogP contribution in [0.5, 0.6) is 0 Å². The smallest absolute Gasteiger partial charge is 0.255 e. The molecule has 0 unspecified atom stereocenters. The van der Waals surface area contributed by atoms with Crippen molar-refractivity contribution in [2.24, 2.45) is 5.92 Å². The van der Waals surface area contributed by atoms with Crippen LogP contribution in [-0.4, -0.2) is 29.4 Å². The Bertz CT molecular complexity index is 558. The van der Waals surface area contributed by atoms with Gasteiger partial charge < -0.3 is 4.90 Å². The zero-order chi connectivity index (χ0) is 13.1. The van der Waals surface area contributed by atoms with Crippen LogP contribution in [0.25, 0.3) is 10.9 Å². The second kappa shape index (κ2) is 5.17. The van der Waals surface area contributed by atoms with Crippen LogP contribution in [0, 0.1) is 5.92 Å². The first-order valence-electron chi connectivity index (χ1n) is 6.19. The number of rotatable bonds is 3. The fraction of sp³-hybridized carbons (Fsp3) is 0.333. The third-order valence-electron chi connectivity index (χ3n) is 2.85. The number of aromatic nitrogens is 1. The first kappa shape index (κ1) is 12.6. The fourth-order valence-corrected chi connectivity index (χ4v) is 2.11. The van der Waals surface area contributed by atoms with E-state index in [-0.39, 0.29) is 5.91 Å². The largest absolute Gasteiger partial charge is 0.341 e. The Labute approximate surface area is 107 Å². The van der Waals surface area contributed by atoms with Crippen LogP contribution in [0.2, 0.25) is 0 Å².